The van der Waals surface area contributed by atoms with Crippen LogP contribution in [0.5, 0.6) is 0 Å². The summed E-state index contributed by atoms with van der Waals surface area (Å²) in [5.41, 5.74) is 1.83. The third-order valence-corrected chi connectivity index (χ3v) is 2.87. The maximum absolute atomic E-state index is 12.2. The molecule has 1 heterocycles. The highest BCUT2D eigenvalue weighted by Crippen LogP contribution is 2.23. The number of benzene rings is 1. The van der Waals surface area contributed by atoms with Crippen molar-refractivity contribution in [2.45, 2.75) is 6.92 Å². The van der Waals surface area contributed by atoms with Crippen LogP contribution in [0.1, 0.15) is 21.5 Å². The molecule has 2 rings (SSSR count). The van der Waals surface area contributed by atoms with E-state index in [1.54, 1.807) is 30.5 Å². The molecule has 0 spiro atoms. The van der Waals surface area contributed by atoms with E-state index < -0.39 is 0 Å². The maximum atomic E-state index is 12.2. The Morgan fingerprint density at radius 3 is 2.65 bits per heavy atom. The number of pyridine rings is 1. The van der Waals surface area contributed by atoms with Gasteiger partial charge in [-0.25, -0.2) is 0 Å². The number of aromatic nitrogens is 1. The van der Waals surface area contributed by atoms with Gasteiger partial charge >= 0.3 is 0 Å². The number of rotatable bonds is 2. The molecule has 2 aromatic rings. The average molecular weight is 266 g/mol. The van der Waals surface area contributed by atoms with Gasteiger partial charge in [-0.1, -0.05) is 23.2 Å². The second-order valence-electron chi connectivity index (χ2n) is 3.70. The molecule has 0 aliphatic rings. The standard InChI is InChI=1S/C13H9Cl2NO/c1-8-4-9(7-16-6-8)13(17)11-5-10(14)2-3-12(11)15/h2-7H,1H3. The van der Waals surface area contributed by atoms with Gasteiger partial charge in [-0.3, -0.25) is 9.78 Å². The van der Waals surface area contributed by atoms with E-state index in [0.717, 1.165) is 5.56 Å². The van der Waals surface area contributed by atoms with Crippen LogP contribution in [0.4, 0.5) is 0 Å². The SMILES string of the molecule is Cc1cncc(C(=O)c2cc(Cl)ccc2Cl)c1. The lowest BCUT2D eigenvalue weighted by molar-refractivity contribution is 0.103. The van der Waals surface area contributed by atoms with Crippen molar-refractivity contribution in [3.05, 3.63) is 63.4 Å². The first-order valence-electron chi connectivity index (χ1n) is 4.99. The molecule has 1 aromatic carbocycles. The molecule has 0 amide bonds. The van der Waals surface area contributed by atoms with Gasteiger partial charge in [0.25, 0.3) is 0 Å². The van der Waals surface area contributed by atoms with Crippen molar-refractivity contribution in [2.75, 3.05) is 0 Å². The molecule has 1 aromatic heterocycles. The fourth-order valence-electron chi connectivity index (χ4n) is 1.51. The van der Waals surface area contributed by atoms with Crippen LogP contribution in [0.25, 0.3) is 0 Å². The number of carbonyl (C=O) groups is 1. The zero-order valence-corrected chi connectivity index (χ0v) is 10.6. The van der Waals surface area contributed by atoms with E-state index in [0.29, 0.717) is 21.2 Å². The quantitative estimate of drug-likeness (QED) is 0.771. The minimum atomic E-state index is -0.172. The first-order valence-corrected chi connectivity index (χ1v) is 5.75. The Balaban J connectivity index is 2.47. The summed E-state index contributed by atoms with van der Waals surface area (Å²) >= 11 is 11.8. The number of halogens is 2. The van der Waals surface area contributed by atoms with E-state index in [-0.39, 0.29) is 5.78 Å². The van der Waals surface area contributed by atoms with E-state index in [9.17, 15) is 4.79 Å². The first-order chi connectivity index (χ1) is 8.08. The Bertz CT molecular complexity index is 581. The van der Waals surface area contributed by atoms with Crippen LogP contribution in [-0.4, -0.2) is 10.8 Å². The summed E-state index contributed by atoms with van der Waals surface area (Å²) in [4.78, 5) is 16.2. The van der Waals surface area contributed by atoms with E-state index in [1.807, 2.05) is 6.92 Å². The molecule has 4 heteroatoms. The average Bonchev–Trinajstić information content (AvgIpc) is 2.31. The van der Waals surface area contributed by atoms with Crippen molar-refractivity contribution < 1.29 is 4.79 Å². The highest BCUT2D eigenvalue weighted by molar-refractivity contribution is 6.36. The molecular weight excluding hydrogens is 257 g/mol. The lowest BCUT2D eigenvalue weighted by Gasteiger charge is -2.04. The molecule has 0 fully saturated rings. The van der Waals surface area contributed by atoms with Crippen molar-refractivity contribution in [3.8, 4) is 0 Å². The van der Waals surface area contributed by atoms with Crippen molar-refractivity contribution in [1.29, 1.82) is 0 Å². The molecule has 86 valence electrons. The zero-order chi connectivity index (χ0) is 12.4. The number of ketones is 1. The van der Waals surface area contributed by atoms with Crippen molar-refractivity contribution in [2.24, 2.45) is 0 Å². The summed E-state index contributed by atoms with van der Waals surface area (Å²) in [5.74, 6) is -0.172. The third kappa shape index (κ3) is 2.65. The number of carbonyl (C=O) groups excluding carboxylic acids is 1. The van der Waals surface area contributed by atoms with Crippen molar-refractivity contribution >= 4 is 29.0 Å². The first kappa shape index (κ1) is 12.1. The Morgan fingerprint density at radius 2 is 1.94 bits per heavy atom. The number of hydrogen-bond acceptors (Lipinski definition) is 2. The van der Waals surface area contributed by atoms with Gasteiger partial charge in [-0.2, -0.15) is 0 Å². The Kier molecular flexibility index (Phi) is 3.46. The van der Waals surface area contributed by atoms with Gasteiger partial charge < -0.3 is 0 Å². The third-order valence-electron chi connectivity index (χ3n) is 2.31. The van der Waals surface area contributed by atoms with Crippen LogP contribution in [0.15, 0.2) is 36.7 Å². The van der Waals surface area contributed by atoms with E-state index in [2.05, 4.69) is 4.98 Å². The summed E-state index contributed by atoms with van der Waals surface area (Å²) in [6.07, 6.45) is 3.21. The number of nitrogens with zero attached hydrogens (tertiary/aromatic N) is 1. The molecule has 0 unspecified atom stereocenters. The van der Waals surface area contributed by atoms with Gasteiger partial charge in [0.1, 0.15) is 0 Å². The number of hydrogen-bond donors (Lipinski definition) is 0. The van der Waals surface area contributed by atoms with E-state index >= 15 is 0 Å². The molecule has 17 heavy (non-hydrogen) atoms. The van der Waals surface area contributed by atoms with Crippen LogP contribution in [0.3, 0.4) is 0 Å². The van der Waals surface area contributed by atoms with Gasteiger partial charge in [-0.15, -0.1) is 0 Å². The molecule has 0 radical (unpaired) electrons. The van der Waals surface area contributed by atoms with Crippen LogP contribution in [0.2, 0.25) is 10.0 Å². The molecule has 0 bridgehead atoms. The number of aryl methyl sites for hydroxylation is 1. The smallest absolute Gasteiger partial charge is 0.196 e. The summed E-state index contributed by atoms with van der Waals surface area (Å²) in [6.45, 7) is 1.88. The lowest BCUT2D eigenvalue weighted by Crippen LogP contribution is -2.03. The predicted octanol–water partition coefficient (Wildman–Crippen LogP) is 3.93. The minimum Gasteiger partial charge on any atom is -0.288 e. The molecule has 0 saturated carbocycles. The predicted molar refractivity (Wildman–Crippen MR) is 68.9 cm³/mol. The summed E-state index contributed by atoms with van der Waals surface area (Å²) in [5, 5.41) is 0.874. The van der Waals surface area contributed by atoms with Crippen LogP contribution < -0.4 is 0 Å². The molecule has 0 saturated heterocycles. The zero-order valence-electron chi connectivity index (χ0n) is 9.08. The van der Waals surface area contributed by atoms with Crippen LogP contribution in [0, 0.1) is 6.92 Å². The summed E-state index contributed by atoms with van der Waals surface area (Å²) in [6, 6.07) is 6.59. The van der Waals surface area contributed by atoms with Crippen LogP contribution >= 0.6 is 23.2 Å². The van der Waals surface area contributed by atoms with Crippen molar-refractivity contribution in [3.63, 3.8) is 0 Å². The van der Waals surface area contributed by atoms with E-state index in [4.69, 9.17) is 23.2 Å². The Labute approximate surface area is 109 Å². The van der Waals surface area contributed by atoms with Gasteiger partial charge in [0, 0.05) is 28.5 Å². The Hall–Kier alpha value is -1.38. The summed E-state index contributed by atoms with van der Waals surface area (Å²) in [7, 11) is 0. The molecule has 0 aliphatic carbocycles. The Morgan fingerprint density at radius 1 is 1.18 bits per heavy atom. The molecule has 2 nitrogen and oxygen atoms in total. The minimum absolute atomic E-state index is 0.172. The van der Waals surface area contributed by atoms with Gasteiger partial charge in [-0.05, 0) is 36.8 Å². The van der Waals surface area contributed by atoms with Gasteiger partial charge in [0.2, 0.25) is 0 Å². The fourth-order valence-corrected chi connectivity index (χ4v) is 1.88. The van der Waals surface area contributed by atoms with Gasteiger partial charge in [0.15, 0.2) is 5.78 Å². The monoisotopic (exact) mass is 265 g/mol. The van der Waals surface area contributed by atoms with Gasteiger partial charge in [0.05, 0.1) is 5.02 Å². The van der Waals surface area contributed by atoms with E-state index in [1.165, 1.54) is 6.20 Å². The molecule has 0 N–H and O–H groups in total. The second-order valence-corrected chi connectivity index (χ2v) is 4.55. The highest BCUT2D eigenvalue weighted by atomic mass is 35.5. The molecule has 0 atom stereocenters. The highest BCUT2D eigenvalue weighted by Gasteiger charge is 2.13. The maximum Gasteiger partial charge on any atom is 0.196 e. The lowest BCUT2D eigenvalue weighted by atomic mass is 10.0. The topological polar surface area (TPSA) is 30.0 Å². The summed E-state index contributed by atoms with van der Waals surface area (Å²) < 4.78 is 0. The normalized spacial score (nSPS) is 10.3. The van der Waals surface area contributed by atoms with Crippen LogP contribution in [-0.2, 0) is 0 Å². The largest absolute Gasteiger partial charge is 0.288 e. The fraction of sp³-hybridized carbons (Fsp3) is 0.0769. The molecular formula is C13H9Cl2NO. The molecule has 0 aliphatic heterocycles. The second kappa shape index (κ2) is 4.86. The van der Waals surface area contributed by atoms with Crippen molar-refractivity contribution in [1.82, 2.24) is 4.98 Å².